The van der Waals surface area contributed by atoms with Gasteiger partial charge in [0, 0.05) is 7.05 Å². The molecule has 0 aliphatic heterocycles. The van der Waals surface area contributed by atoms with E-state index in [0.717, 1.165) is 33.4 Å². The van der Waals surface area contributed by atoms with Crippen molar-refractivity contribution in [3.05, 3.63) is 20.1 Å². The number of hydrogen-bond acceptors (Lipinski definition) is 4. The van der Waals surface area contributed by atoms with Crippen molar-refractivity contribution in [1.82, 2.24) is 19.7 Å². The van der Waals surface area contributed by atoms with Gasteiger partial charge in [0.05, 0.1) is 22.1 Å². The Balaban J connectivity index is 2.64. The minimum absolute atomic E-state index is 0.476. The van der Waals surface area contributed by atoms with Crippen LogP contribution in [0.5, 0.6) is 5.88 Å². The third-order valence-electron chi connectivity index (χ3n) is 2.95. The molecular weight excluding hydrogens is 391 g/mol. The van der Waals surface area contributed by atoms with Crippen molar-refractivity contribution in [2.45, 2.75) is 26.7 Å². The van der Waals surface area contributed by atoms with Crippen LogP contribution in [0.2, 0.25) is 5.15 Å². The van der Waals surface area contributed by atoms with E-state index in [1.165, 1.54) is 0 Å². The van der Waals surface area contributed by atoms with E-state index in [1.807, 2.05) is 14.0 Å². The molecule has 20 heavy (non-hydrogen) atoms. The van der Waals surface area contributed by atoms with Gasteiger partial charge >= 0.3 is 0 Å². The maximum atomic E-state index is 6.23. The van der Waals surface area contributed by atoms with E-state index >= 15 is 0 Å². The molecule has 0 saturated carbocycles. The third kappa shape index (κ3) is 2.76. The van der Waals surface area contributed by atoms with Crippen molar-refractivity contribution in [2.24, 2.45) is 7.05 Å². The Morgan fingerprint density at radius 2 is 2.05 bits per heavy atom. The van der Waals surface area contributed by atoms with Gasteiger partial charge in [-0.05, 0) is 35.9 Å². The van der Waals surface area contributed by atoms with E-state index in [1.54, 1.807) is 11.8 Å². The lowest BCUT2D eigenvalue weighted by Crippen LogP contribution is -2.02. The molecule has 0 aromatic carbocycles. The number of methoxy groups -OCH3 is 1. The molecule has 5 nitrogen and oxygen atoms in total. The normalized spacial score (nSPS) is 10.9. The average Bonchev–Trinajstić information content (AvgIpc) is 2.69. The van der Waals surface area contributed by atoms with Crippen LogP contribution < -0.4 is 4.74 Å². The molecule has 0 unspecified atom stereocenters. The summed E-state index contributed by atoms with van der Waals surface area (Å²) in [5, 5.41) is 4.83. The first-order chi connectivity index (χ1) is 9.49. The van der Waals surface area contributed by atoms with Gasteiger partial charge in [0.1, 0.15) is 10.7 Å². The quantitative estimate of drug-likeness (QED) is 0.577. The van der Waals surface area contributed by atoms with Gasteiger partial charge in [0.25, 0.3) is 0 Å². The number of halogens is 2. The molecule has 108 valence electrons. The summed E-state index contributed by atoms with van der Waals surface area (Å²) in [4.78, 5) is 9.02. The molecular formula is C13H16ClIN4O. The Hall–Kier alpha value is -0.890. The van der Waals surface area contributed by atoms with Crippen molar-refractivity contribution in [1.29, 1.82) is 0 Å². The smallest absolute Gasteiger partial charge is 0.222 e. The molecule has 0 aliphatic carbocycles. The third-order valence-corrected chi connectivity index (χ3v) is 4.68. The van der Waals surface area contributed by atoms with E-state index in [9.17, 15) is 0 Å². The summed E-state index contributed by atoms with van der Waals surface area (Å²) in [6, 6.07) is 0. The van der Waals surface area contributed by atoms with Gasteiger partial charge in [-0.3, -0.25) is 0 Å². The van der Waals surface area contributed by atoms with Crippen LogP contribution in [0, 0.1) is 10.5 Å². The minimum Gasteiger partial charge on any atom is -0.481 e. The van der Waals surface area contributed by atoms with Gasteiger partial charge in [0.15, 0.2) is 5.82 Å². The highest BCUT2D eigenvalue weighted by atomic mass is 127. The van der Waals surface area contributed by atoms with Crippen LogP contribution in [-0.4, -0.2) is 26.9 Å². The number of rotatable bonds is 4. The Labute approximate surface area is 136 Å². The molecule has 2 heterocycles. The lowest BCUT2D eigenvalue weighted by atomic mass is 10.2. The second kappa shape index (κ2) is 6.26. The lowest BCUT2D eigenvalue weighted by molar-refractivity contribution is 0.374. The second-order valence-electron chi connectivity index (χ2n) is 4.44. The SMILES string of the molecule is CCCc1nc(-c2c(C)nn(C)c2OC)nc(Cl)c1I. The fourth-order valence-corrected chi connectivity index (χ4v) is 2.81. The first-order valence-corrected chi connectivity index (χ1v) is 7.75. The summed E-state index contributed by atoms with van der Waals surface area (Å²) in [5.74, 6) is 1.21. The number of nitrogens with zero attached hydrogens (tertiary/aromatic N) is 4. The predicted octanol–water partition coefficient (Wildman–Crippen LogP) is 3.40. The van der Waals surface area contributed by atoms with Gasteiger partial charge in [0.2, 0.25) is 5.88 Å². The molecule has 0 atom stereocenters. The molecule has 0 fully saturated rings. The maximum absolute atomic E-state index is 6.23. The fraction of sp³-hybridized carbons (Fsp3) is 0.462. The summed E-state index contributed by atoms with van der Waals surface area (Å²) in [6.07, 6.45) is 1.88. The van der Waals surface area contributed by atoms with Crippen LogP contribution in [0.15, 0.2) is 0 Å². The molecule has 2 aromatic heterocycles. The van der Waals surface area contributed by atoms with E-state index in [2.05, 4.69) is 44.6 Å². The van der Waals surface area contributed by atoms with Crippen LogP contribution in [0.3, 0.4) is 0 Å². The summed E-state index contributed by atoms with van der Waals surface area (Å²) in [5.41, 5.74) is 2.59. The van der Waals surface area contributed by atoms with Crippen molar-refractivity contribution in [2.75, 3.05) is 7.11 Å². The Bertz CT molecular complexity index is 642. The highest BCUT2D eigenvalue weighted by Crippen LogP contribution is 2.32. The van der Waals surface area contributed by atoms with Gasteiger partial charge in [-0.1, -0.05) is 24.9 Å². The molecule has 0 saturated heterocycles. The summed E-state index contributed by atoms with van der Waals surface area (Å²) >= 11 is 8.42. The molecule has 0 spiro atoms. The molecule has 0 aliphatic rings. The summed E-state index contributed by atoms with van der Waals surface area (Å²) in [7, 11) is 3.44. The molecule has 2 rings (SSSR count). The molecule has 0 bridgehead atoms. The average molecular weight is 407 g/mol. The maximum Gasteiger partial charge on any atom is 0.222 e. The standard InChI is InChI=1S/C13H16ClIN4O/c1-5-6-8-10(15)11(14)17-12(16-8)9-7(2)18-19(3)13(9)20-4/h5-6H2,1-4H3. The lowest BCUT2D eigenvalue weighted by Gasteiger charge is -2.08. The Kier molecular flexibility index (Phi) is 4.85. The fourth-order valence-electron chi connectivity index (χ4n) is 2.11. The zero-order chi connectivity index (χ0) is 14.9. The van der Waals surface area contributed by atoms with Crippen LogP contribution in [-0.2, 0) is 13.5 Å². The molecule has 2 aromatic rings. The van der Waals surface area contributed by atoms with Crippen LogP contribution in [0.1, 0.15) is 24.7 Å². The van der Waals surface area contributed by atoms with Gasteiger partial charge in [-0.25, -0.2) is 14.6 Å². The van der Waals surface area contributed by atoms with E-state index in [0.29, 0.717) is 16.9 Å². The van der Waals surface area contributed by atoms with E-state index in [4.69, 9.17) is 16.3 Å². The molecule has 7 heteroatoms. The first-order valence-electron chi connectivity index (χ1n) is 6.29. The molecule has 0 radical (unpaired) electrons. The Morgan fingerprint density at radius 1 is 1.35 bits per heavy atom. The van der Waals surface area contributed by atoms with Crippen LogP contribution >= 0.6 is 34.2 Å². The Morgan fingerprint density at radius 3 is 2.65 bits per heavy atom. The van der Waals surface area contributed by atoms with Crippen LogP contribution in [0.25, 0.3) is 11.4 Å². The zero-order valence-electron chi connectivity index (χ0n) is 11.9. The van der Waals surface area contributed by atoms with Crippen LogP contribution in [0.4, 0.5) is 0 Å². The first kappa shape index (κ1) is 15.5. The topological polar surface area (TPSA) is 52.8 Å². The highest BCUT2D eigenvalue weighted by molar-refractivity contribution is 14.1. The number of aryl methyl sites for hydroxylation is 3. The van der Waals surface area contributed by atoms with Crippen molar-refractivity contribution in [3.63, 3.8) is 0 Å². The van der Waals surface area contributed by atoms with Gasteiger partial charge in [-0.15, -0.1) is 0 Å². The van der Waals surface area contributed by atoms with E-state index in [-0.39, 0.29) is 0 Å². The monoisotopic (exact) mass is 406 g/mol. The summed E-state index contributed by atoms with van der Waals surface area (Å²) < 4.78 is 7.99. The summed E-state index contributed by atoms with van der Waals surface area (Å²) in [6.45, 7) is 4.02. The van der Waals surface area contributed by atoms with E-state index < -0.39 is 0 Å². The molecule has 0 amide bonds. The van der Waals surface area contributed by atoms with Crippen molar-refractivity contribution >= 4 is 34.2 Å². The van der Waals surface area contributed by atoms with Gasteiger partial charge < -0.3 is 4.74 Å². The zero-order valence-corrected chi connectivity index (χ0v) is 14.8. The number of hydrogen-bond donors (Lipinski definition) is 0. The number of ether oxygens (including phenoxy) is 1. The van der Waals surface area contributed by atoms with Crippen molar-refractivity contribution < 1.29 is 4.74 Å². The van der Waals surface area contributed by atoms with Crippen molar-refractivity contribution in [3.8, 4) is 17.3 Å². The second-order valence-corrected chi connectivity index (χ2v) is 5.88. The predicted molar refractivity (Wildman–Crippen MR) is 87.2 cm³/mol. The highest BCUT2D eigenvalue weighted by Gasteiger charge is 2.21. The van der Waals surface area contributed by atoms with Gasteiger partial charge in [-0.2, -0.15) is 5.10 Å². The largest absolute Gasteiger partial charge is 0.481 e. The number of aromatic nitrogens is 4. The molecule has 0 N–H and O–H groups in total. The minimum atomic E-state index is 0.476.